The zero-order chi connectivity index (χ0) is 59.4. The minimum atomic E-state index is -0.216. The normalized spacial score (nSPS) is 12.8. The fourth-order valence-corrected chi connectivity index (χ4v) is 18.3. The quantitative estimate of drug-likeness (QED) is 0.148. The molecule has 6 heterocycles. The van der Waals surface area contributed by atoms with Crippen LogP contribution in [-0.4, -0.2) is 15.8 Å². The van der Waals surface area contributed by atoms with E-state index < -0.39 is 0 Å². The number of hydrogen-bond acceptors (Lipinski definition) is 4. The second kappa shape index (κ2) is 19.6. The fourth-order valence-electron chi connectivity index (χ4n) is 15.7. The van der Waals surface area contributed by atoms with Crippen molar-refractivity contribution in [1.29, 1.82) is 0 Å². The lowest BCUT2D eigenvalue weighted by molar-refractivity contribution is 1.18. The van der Waals surface area contributed by atoms with Crippen LogP contribution in [0, 0.1) is 0 Å². The van der Waals surface area contributed by atoms with Gasteiger partial charge in [-0.2, -0.15) is 0 Å². The summed E-state index contributed by atoms with van der Waals surface area (Å²) in [5, 5.41) is 10.0. The van der Waals surface area contributed by atoms with Crippen LogP contribution < -0.4 is 26.2 Å². The molecule has 0 N–H and O–H groups in total. The van der Waals surface area contributed by atoms with Crippen molar-refractivity contribution >= 4 is 164 Å². The van der Waals surface area contributed by atoms with Gasteiger partial charge < -0.3 is 18.9 Å². The van der Waals surface area contributed by atoms with E-state index in [2.05, 4.69) is 328 Å². The Morgan fingerprint density at radius 2 is 0.593 bits per heavy atom. The lowest BCUT2D eigenvalue weighted by atomic mass is 9.33. The minimum absolute atomic E-state index is 0.216. The first kappa shape index (κ1) is 50.7. The Labute approximate surface area is 533 Å². The molecule has 4 aromatic heterocycles. The zero-order valence-electron chi connectivity index (χ0n) is 49.1. The first-order valence-electron chi connectivity index (χ1n) is 31.3. The van der Waals surface area contributed by atoms with Crippen LogP contribution in [0.4, 0.5) is 34.1 Å². The third kappa shape index (κ3) is 7.39. The molecule has 14 aromatic carbocycles. The number of anilines is 6. The van der Waals surface area contributed by atoms with Crippen molar-refractivity contribution in [2.24, 2.45) is 0 Å². The molecule has 7 heteroatoms. The van der Waals surface area contributed by atoms with E-state index in [9.17, 15) is 0 Å². The van der Waals surface area contributed by atoms with Crippen molar-refractivity contribution < 1.29 is 0 Å². The molecule has 0 bridgehead atoms. The lowest BCUT2D eigenvalue weighted by Crippen LogP contribution is -2.61. The lowest BCUT2D eigenvalue weighted by Gasteiger charge is -2.45. The maximum Gasteiger partial charge on any atom is 0.255 e. The topological polar surface area (TPSA) is 16.3 Å². The van der Waals surface area contributed by atoms with Gasteiger partial charge in [0.25, 0.3) is 6.71 Å². The number of para-hydroxylation sites is 4. The maximum absolute atomic E-state index is 2.67. The molecular formula is C84H51BN4S2. The molecule has 0 saturated heterocycles. The van der Waals surface area contributed by atoms with Gasteiger partial charge in [-0.25, -0.2) is 0 Å². The molecule has 91 heavy (non-hydrogen) atoms. The van der Waals surface area contributed by atoms with Crippen molar-refractivity contribution in [2.45, 2.75) is 0 Å². The highest BCUT2D eigenvalue weighted by molar-refractivity contribution is 7.30. The summed E-state index contributed by atoms with van der Waals surface area (Å²) >= 11 is 3.91. The molecule has 0 unspecified atom stereocenters. The maximum atomic E-state index is 2.67. The average molecular weight is 1190 g/mol. The summed E-state index contributed by atoms with van der Waals surface area (Å²) in [4.78, 5) is 5.33. The van der Waals surface area contributed by atoms with E-state index in [1.165, 1.54) is 123 Å². The van der Waals surface area contributed by atoms with Crippen molar-refractivity contribution in [2.75, 3.05) is 9.80 Å². The molecule has 20 rings (SSSR count). The SMILES string of the molecule is c1ccc(-c2cc3c4c(c2)N(c2ccc5c6ccccc6n(-c6ccccc6)c5c2)c2cc(-c5ccccc5)c5c(sc6ccccc65)c2B4c2c(cc(-c4ccccc4)c4c2sc2ccccc24)N3c2ccc3c4ccccc4n(-c4ccccc4)c3c2)cc1. The average Bonchev–Trinajstić information content (AvgIpc) is 1.54. The second-order valence-corrected chi connectivity index (χ2v) is 26.3. The number of benzene rings is 14. The Bertz CT molecular complexity index is 5680. The third-order valence-electron chi connectivity index (χ3n) is 19.4. The van der Waals surface area contributed by atoms with Crippen LogP contribution in [-0.2, 0) is 0 Å². The summed E-state index contributed by atoms with van der Waals surface area (Å²) in [5.74, 6) is 0. The molecule has 2 aliphatic rings. The highest BCUT2D eigenvalue weighted by Crippen LogP contribution is 2.54. The molecule has 2 aliphatic heterocycles. The van der Waals surface area contributed by atoms with Gasteiger partial charge in [-0.1, -0.05) is 212 Å². The van der Waals surface area contributed by atoms with E-state index in [1.54, 1.807) is 0 Å². The number of fused-ring (bicyclic) bond motifs is 18. The molecule has 0 aliphatic carbocycles. The molecule has 4 nitrogen and oxygen atoms in total. The number of rotatable bonds is 7. The predicted octanol–water partition coefficient (Wildman–Crippen LogP) is 21.7. The largest absolute Gasteiger partial charge is 0.311 e. The Morgan fingerprint density at radius 1 is 0.242 bits per heavy atom. The van der Waals surface area contributed by atoms with Gasteiger partial charge in [0.1, 0.15) is 0 Å². The van der Waals surface area contributed by atoms with Crippen LogP contribution in [0.2, 0.25) is 0 Å². The van der Waals surface area contributed by atoms with Crippen molar-refractivity contribution in [3.63, 3.8) is 0 Å². The van der Waals surface area contributed by atoms with Crippen molar-refractivity contribution in [3.8, 4) is 44.8 Å². The van der Waals surface area contributed by atoms with Gasteiger partial charge in [-0.05, 0) is 147 Å². The molecule has 0 amide bonds. The van der Waals surface area contributed by atoms with Crippen LogP contribution in [0.25, 0.3) is 129 Å². The van der Waals surface area contributed by atoms with Crippen molar-refractivity contribution in [3.05, 3.63) is 309 Å². The number of thiophene rings is 2. The molecule has 0 saturated carbocycles. The Morgan fingerprint density at radius 3 is 1.03 bits per heavy atom. The molecular weight excluding hydrogens is 1140 g/mol. The first-order valence-corrected chi connectivity index (χ1v) is 32.9. The van der Waals surface area contributed by atoms with Crippen LogP contribution in [0.1, 0.15) is 0 Å². The van der Waals surface area contributed by atoms with Crippen molar-refractivity contribution in [1.82, 2.24) is 9.13 Å². The van der Waals surface area contributed by atoms with E-state index in [0.717, 1.165) is 56.3 Å². The standard InChI is InChI=1S/C84H51BN4S2/c1-6-24-52(25-7-1)55-46-72-80-73(47-55)89(59-43-45-63-61-35-17-21-39-69(61)87(71(63)49-59)57-32-14-5-15-33-57)75-51-67(54-28-10-3-11-29-54)79-65-37-19-23-41-77(65)91-84(79)82(75)85(80)81-74(50-66(53-26-8-2-9-27-53)78-64-36-18-22-40-76(64)90-83(78)81)88(72)58-42-44-62-60-34-16-20-38-68(60)86(70(62)48-58)56-30-12-4-13-31-56/h1-51H. The third-order valence-corrected chi connectivity index (χ3v) is 21.8. The Kier molecular flexibility index (Phi) is 11.0. The Hall–Kier alpha value is -11.2. The summed E-state index contributed by atoms with van der Waals surface area (Å²) in [6.07, 6.45) is 0. The summed E-state index contributed by atoms with van der Waals surface area (Å²) in [5.41, 5.74) is 24.9. The Balaban J connectivity index is 0.989. The molecule has 0 atom stereocenters. The number of hydrogen-bond donors (Lipinski definition) is 0. The molecule has 0 fully saturated rings. The predicted molar refractivity (Wildman–Crippen MR) is 391 cm³/mol. The fraction of sp³-hybridized carbons (Fsp3) is 0. The molecule has 18 aromatic rings. The summed E-state index contributed by atoms with van der Waals surface area (Å²) < 4.78 is 10.1. The molecule has 0 radical (unpaired) electrons. The highest BCUT2D eigenvalue weighted by Gasteiger charge is 2.47. The van der Waals surface area contributed by atoms with E-state index in [0.29, 0.717) is 0 Å². The highest BCUT2D eigenvalue weighted by atomic mass is 32.1. The van der Waals surface area contributed by atoms with E-state index in [1.807, 2.05) is 22.7 Å². The van der Waals surface area contributed by atoms with Crippen LogP contribution in [0.15, 0.2) is 309 Å². The van der Waals surface area contributed by atoms with Crippen LogP contribution in [0.5, 0.6) is 0 Å². The van der Waals surface area contributed by atoms with Gasteiger partial charge in [-0.3, -0.25) is 0 Å². The summed E-state index contributed by atoms with van der Waals surface area (Å²) in [6, 6.07) is 116. The van der Waals surface area contributed by atoms with Gasteiger partial charge >= 0.3 is 0 Å². The minimum Gasteiger partial charge on any atom is -0.311 e. The van der Waals surface area contributed by atoms with E-state index >= 15 is 0 Å². The first-order chi connectivity index (χ1) is 45.2. The van der Waals surface area contributed by atoms with Gasteiger partial charge in [-0.15, -0.1) is 22.7 Å². The molecule has 0 spiro atoms. The van der Waals surface area contributed by atoms with Crippen LogP contribution >= 0.6 is 22.7 Å². The number of aromatic nitrogens is 2. The van der Waals surface area contributed by atoms with Crippen LogP contribution in [0.3, 0.4) is 0 Å². The van der Waals surface area contributed by atoms with Gasteiger partial charge in [0.2, 0.25) is 0 Å². The van der Waals surface area contributed by atoms with Gasteiger partial charge in [0.15, 0.2) is 0 Å². The van der Waals surface area contributed by atoms with Gasteiger partial charge in [0.05, 0.1) is 22.1 Å². The van der Waals surface area contributed by atoms with Gasteiger partial charge in [0, 0.05) is 107 Å². The summed E-state index contributed by atoms with van der Waals surface area (Å²) in [6.45, 7) is -0.216. The smallest absolute Gasteiger partial charge is 0.255 e. The monoisotopic (exact) mass is 1190 g/mol. The molecule has 422 valence electrons. The van der Waals surface area contributed by atoms with E-state index in [-0.39, 0.29) is 6.71 Å². The van der Waals surface area contributed by atoms with E-state index in [4.69, 9.17) is 0 Å². The second-order valence-electron chi connectivity index (χ2n) is 24.2. The zero-order valence-corrected chi connectivity index (χ0v) is 50.8. The summed E-state index contributed by atoms with van der Waals surface area (Å²) in [7, 11) is 0. The number of nitrogens with zero attached hydrogens (tertiary/aromatic N) is 4.